The fourth-order valence-electron chi connectivity index (χ4n) is 2.76. The highest BCUT2D eigenvalue weighted by molar-refractivity contribution is 5.60. The van der Waals surface area contributed by atoms with Gasteiger partial charge in [-0.05, 0) is 31.2 Å². The molecule has 1 heterocycles. The second kappa shape index (κ2) is 6.05. The van der Waals surface area contributed by atoms with Crippen LogP contribution in [0.3, 0.4) is 0 Å². The molecule has 1 saturated heterocycles. The molecule has 0 bridgehead atoms. The van der Waals surface area contributed by atoms with Gasteiger partial charge in [0.2, 0.25) is 0 Å². The van der Waals surface area contributed by atoms with Crippen LogP contribution in [0.1, 0.15) is 25.0 Å². The van der Waals surface area contributed by atoms with Crippen LogP contribution in [0, 0.1) is 11.3 Å². The maximum Gasteiger partial charge on any atom is 0.101 e. The molecule has 0 aromatic heterocycles. The Morgan fingerprint density at radius 1 is 1.42 bits per heavy atom. The summed E-state index contributed by atoms with van der Waals surface area (Å²) in [5, 5.41) is 9.31. The van der Waals surface area contributed by atoms with Crippen molar-refractivity contribution in [2.45, 2.75) is 26.4 Å². The van der Waals surface area contributed by atoms with Crippen LogP contribution in [0.15, 0.2) is 18.2 Å². The molecule has 19 heavy (non-hydrogen) atoms. The second-order valence-electron chi connectivity index (χ2n) is 5.09. The molecule has 2 rings (SSSR count). The normalized spacial score (nSPS) is 20.3. The fraction of sp³-hybridized carbons (Fsp3) is 0.533. The van der Waals surface area contributed by atoms with Crippen LogP contribution in [0.4, 0.5) is 5.69 Å². The summed E-state index contributed by atoms with van der Waals surface area (Å²) in [6.07, 6.45) is 0. The minimum Gasteiger partial charge on any atom is -0.368 e. The maximum atomic E-state index is 9.31. The van der Waals surface area contributed by atoms with Crippen molar-refractivity contribution in [3.63, 3.8) is 0 Å². The van der Waals surface area contributed by atoms with Crippen molar-refractivity contribution in [1.29, 1.82) is 5.26 Å². The summed E-state index contributed by atoms with van der Waals surface area (Å²) < 4.78 is 0. The average molecular weight is 258 g/mol. The molecule has 1 fully saturated rings. The first-order valence-corrected chi connectivity index (χ1v) is 6.91. The number of rotatable bonds is 3. The van der Waals surface area contributed by atoms with Gasteiger partial charge < -0.3 is 10.6 Å². The molecule has 0 spiro atoms. The minimum atomic E-state index is 0.481. The highest BCUT2D eigenvalue weighted by Crippen LogP contribution is 2.24. The highest BCUT2D eigenvalue weighted by Gasteiger charge is 2.23. The third-order valence-corrected chi connectivity index (χ3v) is 3.93. The van der Waals surface area contributed by atoms with E-state index in [-0.39, 0.29) is 0 Å². The van der Waals surface area contributed by atoms with E-state index in [0.29, 0.717) is 12.6 Å². The monoisotopic (exact) mass is 258 g/mol. The summed E-state index contributed by atoms with van der Waals surface area (Å²) in [5.74, 6) is 0. The fourth-order valence-corrected chi connectivity index (χ4v) is 2.76. The third-order valence-electron chi connectivity index (χ3n) is 3.93. The van der Waals surface area contributed by atoms with E-state index in [0.717, 1.165) is 43.0 Å². The van der Waals surface area contributed by atoms with Crippen molar-refractivity contribution in [1.82, 2.24) is 4.90 Å². The molecular weight excluding hydrogens is 236 g/mol. The van der Waals surface area contributed by atoms with Gasteiger partial charge in [0.1, 0.15) is 6.07 Å². The molecule has 1 aliphatic rings. The summed E-state index contributed by atoms with van der Waals surface area (Å²) in [6, 6.07) is 8.79. The number of nitriles is 1. The van der Waals surface area contributed by atoms with E-state index in [1.165, 1.54) is 0 Å². The van der Waals surface area contributed by atoms with E-state index < -0.39 is 0 Å². The van der Waals surface area contributed by atoms with Crippen LogP contribution >= 0.6 is 0 Å². The lowest BCUT2D eigenvalue weighted by atomic mass is 10.1. The number of hydrogen-bond donors (Lipinski definition) is 1. The van der Waals surface area contributed by atoms with Crippen LogP contribution in [0.2, 0.25) is 0 Å². The van der Waals surface area contributed by atoms with Crippen molar-refractivity contribution >= 4 is 5.69 Å². The molecule has 4 heteroatoms. The molecule has 1 atom stereocenters. The SMILES string of the molecule is CCN1CCN(c2ccc(CN)cc2C#N)CC1C. The molecule has 0 saturated carbocycles. The predicted molar refractivity (Wildman–Crippen MR) is 78.0 cm³/mol. The zero-order chi connectivity index (χ0) is 13.8. The first-order chi connectivity index (χ1) is 9.19. The van der Waals surface area contributed by atoms with Gasteiger partial charge in [-0.25, -0.2) is 0 Å². The van der Waals surface area contributed by atoms with Gasteiger partial charge in [0.25, 0.3) is 0 Å². The maximum absolute atomic E-state index is 9.31. The summed E-state index contributed by atoms with van der Waals surface area (Å²) >= 11 is 0. The molecule has 0 radical (unpaired) electrons. The molecule has 1 unspecified atom stereocenters. The Balaban J connectivity index is 2.21. The Morgan fingerprint density at radius 3 is 2.79 bits per heavy atom. The standard InChI is InChI=1S/C15H22N4/c1-3-18-6-7-19(11-12(18)2)15-5-4-13(9-16)8-14(15)10-17/h4-5,8,12H,3,6-7,9,11,16H2,1-2H3. The van der Waals surface area contributed by atoms with Crippen LogP contribution in [-0.4, -0.2) is 37.1 Å². The summed E-state index contributed by atoms with van der Waals surface area (Å²) in [5.41, 5.74) is 8.42. The van der Waals surface area contributed by atoms with Crippen molar-refractivity contribution in [2.24, 2.45) is 5.73 Å². The van der Waals surface area contributed by atoms with Crippen molar-refractivity contribution in [3.05, 3.63) is 29.3 Å². The largest absolute Gasteiger partial charge is 0.368 e. The van der Waals surface area contributed by atoms with Crippen LogP contribution < -0.4 is 10.6 Å². The number of benzene rings is 1. The van der Waals surface area contributed by atoms with Crippen LogP contribution in [-0.2, 0) is 6.54 Å². The molecule has 1 aliphatic heterocycles. The Bertz CT molecular complexity index is 478. The second-order valence-corrected chi connectivity index (χ2v) is 5.09. The molecule has 0 amide bonds. The number of hydrogen-bond acceptors (Lipinski definition) is 4. The molecule has 102 valence electrons. The van der Waals surface area contributed by atoms with Crippen molar-refractivity contribution in [3.8, 4) is 6.07 Å². The summed E-state index contributed by atoms with van der Waals surface area (Å²) in [7, 11) is 0. The smallest absolute Gasteiger partial charge is 0.101 e. The van der Waals surface area contributed by atoms with E-state index in [1.807, 2.05) is 18.2 Å². The van der Waals surface area contributed by atoms with Crippen molar-refractivity contribution in [2.75, 3.05) is 31.1 Å². The van der Waals surface area contributed by atoms with Gasteiger partial charge in [0, 0.05) is 32.2 Å². The number of likely N-dealkylation sites (N-methyl/N-ethyl adjacent to an activating group) is 1. The van der Waals surface area contributed by atoms with Crippen LogP contribution in [0.25, 0.3) is 0 Å². The van der Waals surface area contributed by atoms with Crippen LogP contribution in [0.5, 0.6) is 0 Å². The predicted octanol–water partition coefficient (Wildman–Crippen LogP) is 1.55. The third kappa shape index (κ3) is 2.89. The average Bonchev–Trinajstić information content (AvgIpc) is 2.46. The lowest BCUT2D eigenvalue weighted by molar-refractivity contribution is 0.199. The van der Waals surface area contributed by atoms with E-state index in [2.05, 4.69) is 29.7 Å². The number of nitrogens with zero attached hydrogens (tertiary/aromatic N) is 3. The number of anilines is 1. The molecule has 1 aromatic rings. The van der Waals surface area contributed by atoms with Gasteiger partial charge in [0.05, 0.1) is 11.3 Å². The molecule has 4 nitrogen and oxygen atoms in total. The lowest BCUT2D eigenvalue weighted by Gasteiger charge is -2.40. The van der Waals surface area contributed by atoms with Gasteiger partial charge in [-0.15, -0.1) is 0 Å². The Kier molecular flexibility index (Phi) is 4.41. The molecule has 2 N–H and O–H groups in total. The molecule has 1 aromatic carbocycles. The Hall–Kier alpha value is -1.57. The topological polar surface area (TPSA) is 56.3 Å². The van der Waals surface area contributed by atoms with E-state index in [1.54, 1.807) is 0 Å². The van der Waals surface area contributed by atoms with E-state index in [4.69, 9.17) is 5.73 Å². The van der Waals surface area contributed by atoms with Gasteiger partial charge >= 0.3 is 0 Å². The lowest BCUT2D eigenvalue weighted by Crippen LogP contribution is -2.51. The van der Waals surface area contributed by atoms with Crippen molar-refractivity contribution < 1.29 is 0 Å². The zero-order valence-corrected chi connectivity index (χ0v) is 11.8. The van der Waals surface area contributed by atoms with Gasteiger partial charge in [-0.1, -0.05) is 13.0 Å². The summed E-state index contributed by atoms with van der Waals surface area (Å²) in [4.78, 5) is 4.78. The van der Waals surface area contributed by atoms with E-state index in [9.17, 15) is 5.26 Å². The molecular formula is C15H22N4. The first-order valence-electron chi connectivity index (χ1n) is 6.91. The first kappa shape index (κ1) is 13.9. The Morgan fingerprint density at radius 2 is 2.21 bits per heavy atom. The van der Waals surface area contributed by atoms with Gasteiger partial charge in [0.15, 0.2) is 0 Å². The zero-order valence-electron chi connectivity index (χ0n) is 11.8. The summed E-state index contributed by atoms with van der Waals surface area (Å²) in [6.45, 7) is 9.03. The van der Waals surface area contributed by atoms with E-state index >= 15 is 0 Å². The number of nitrogens with two attached hydrogens (primary N) is 1. The Labute approximate surface area is 115 Å². The van der Waals surface area contributed by atoms with Gasteiger partial charge in [-0.2, -0.15) is 5.26 Å². The van der Waals surface area contributed by atoms with Gasteiger partial charge in [-0.3, -0.25) is 4.90 Å². The minimum absolute atomic E-state index is 0.481. The number of piperazine rings is 1. The quantitative estimate of drug-likeness (QED) is 0.893. The molecule has 0 aliphatic carbocycles. The highest BCUT2D eigenvalue weighted by atomic mass is 15.3.